The topological polar surface area (TPSA) is 23.6 Å². The molecule has 1 amide bonds. The van der Waals surface area contributed by atoms with Crippen LogP contribution in [-0.4, -0.2) is 41.4 Å². The van der Waals surface area contributed by atoms with Crippen molar-refractivity contribution in [3.63, 3.8) is 0 Å². The van der Waals surface area contributed by atoms with Crippen LogP contribution in [0.5, 0.6) is 0 Å². The summed E-state index contributed by atoms with van der Waals surface area (Å²) in [5.74, 6) is 3.09. The summed E-state index contributed by atoms with van der Waals surface area (Å²) in [7, 11) is 0. The maximum Gasteiger partial charge on any atom is 0.224 e. The standard InChI is InChI=1S/C18H22N2O/c1-2-15-11-18(21)20(13-15)17-9-6-10-19(14-17)12-16-7-4-3-5-8-16/h1,3-5,7-8,15,17H,6,9-14H2. The van der Waals surface area contributed by atoms with Gasteiger partial charge in [0.25, 0.3) is 0 Å². The quantitative estimate of drug-likeness (QED) is 0.793. The molecular weight excluding hydrogens is 260 g/mol. The molecule has 21 heavy (non-hydrogen) atoms. The zero-order chi connectivity index (χ0) is 14.7. The number of nitrogens with zero attached hydrogens (tertiary/aromatic N) is 2. The largest absolute Gasteiger partial charge is 0.337 e. The van der Waals surface area contributed by atoms with Crippen LogP contribution in [0.2, 0.25) is 0 Å². The second kappa shape index (κ2) is 6.32. The Labute approximate surface area is 126 Å². The fraction of sp³-hybridized carbons (Fsp3) is 0.500. The van der Waals surface area contributed by atoms with E-state index in [1.165, 1.54) is 5.56 Å². The first-order valence-corrected chi connectivity index (χ1v) is 7.78. The van der Waals surface area contributed by atoms with Crippen molar-refractivity contribution < 1.29 is 4.79 Å². The molecule has 2 atom stereocenters. The molecule has 1 aromatic carbocycles. The Hall–Kier alpha value is -1.79. The average Bonchev–Trinajstić information content (AvgIpc) is 2.90. The van der Waals surface area contributed by atoms with Gasteiger partial charge in [0.2, 0.25) is 5.91 Å². The van der Waals surface area contributed by atoms with Gasteiger partial charge in [-0.3, -0.25) is 9.69 Å². The normalized spacial score (nSPS) is 26.8. The van der Waals surface area contributed by atoms with Crippen LogP contribution in [-0.2, 0) is 11.3 Å². The molecule has 2 aliphatic heterocycles. The van der Waals surface area contributed by atoms with Crippen LogP contribution in [0.3, 0.4) is 0 Å². The van der Waals surface area contributed by atoms with Crippen molar-refractivity contribution >= 4 is 5.91 Å². The van der Waals surface area contributed by atoms with Crippen molar-refractivity contribution in [3.05, 3.63) is 35.9 Å². The predicted octanol–water partition coefficient (Wildman–Crippen LogP) is 2.13. The highest BCUT2D eigenvalue weighted by Gasteiger charge is 2.35. The Bertz CT molecular complexity index is 534. The predicted molar refractivity (Wildman–Crippen MR) is 83.4 cm³/mol. The van der Waals surface area contributed by atoms with Gasteiger partial charge in [0.1, 0.15) is 0 Å². The number of benzene rings is 1. The lowest BCUT2D eigenvalue weighted by molar-refractivity contribution is -0.130. The van der Waals surface area contributed by atoms with Gasteiger partial charge in [-0.15, -0.1) is 12.3 Å². The molecule has 3 heteroatoms. The Morgan fingerprint density at radius 1 is 1.24 bits per heavy atom. The fourth-order valence-electron chi connectivity index (χ4n) is 3.47. The van der Waals surface area contributed by atoms with Crippen LogP contribution in [0, 0.1) is 18.3 Å². The minimum atomic E-state index is 0.113. The van der Waals surface area contributed by atoms with Gasteiger partial charge in [0.15, 0.2) is 0 Å². The number of carbonyl (C=O) groups is 1. The molecular formula is C18H22N2O. The van der Waals surface area contributed by atoms with E-state index in [9.17, 15) is 4.79 Å². The third-order valence-corrected chi connectivity index (χ3v) is 4.56. The SMILES string of the molecule is C#CC1CC(=O)N(C2CCCN(Cc3ccccc3)C2)C1. The summed E-state index contributed by atoms with van der Waals surface area (Å²) in [4.78, 5) is 16.6. The summed E-state index contributed by atoms with van der Waals surface area (Å²) in [6.45, 7) is 3.81. The van der Waals surface area contributed by atoms with Crippen LogP contribution < -0.4 is 0 Å². The molecule has 0 aromatic heterocycles. The van der Waals surface area contributed by atoms with Crippen molar-refractivity contribution in [2.24, 2.45) is 5.92 Å². The molecule has 0 spiro atoms. The highest BCUT2D eigenvalue weighted by atomic mass is 16.2. The minimum Gasteiger partial charge on any atom is -0.337 e. The summed E-state index contributed by atoms with van der Waals surface area (Å²) in [6, 6.07) is 10.9. The van der Waals surface area contributed by atoms with Gasteiger partial charge in [-0.2, -0.15) is 0 Å². The molecule has 2 fully saturated rings. The number of rotatable bonds is 3. The van der Waals surface area contributed by atoms with E-state index >= 15 is 0 Å². The molecule has 2 aliphatic rings. The number of piperidine rings is 1. The number of terminal acetylenes is 1. The van der Waals surface area contributed by atoms with E-state index in [4.69, 9.17) is 6.42 Å². The molecule has 1 aromatic rings. The highest BCUT2D eigenvalue weighted by molar-refractivity contribution is 5.79. The Morgan fingerprint density at radius 3 is 2.76 bits per heavy atom. The van der Waals surface area contributed by atoms with E-state index in [0.717, 1.165) is 39.0 Å². The lowest BCUT2D eigenvalue weighted by atomic mass is 10.0. The fourth-order valence-corrected chi connectivity index (χ4v) is 3.47. The first kappa shape index (κ1) is 14.2. The lowest BCUT2D eigenvalue weighted by Crippen LogP contribution is -2.48. The number of hydrogen-bond acceptors (Lipinski definition) is 2. The van der Waals surface area contributed by atoms with Crippen molar-refractivity contribution in [1.29, 1.82) is 0 Å². The van der Waals surface area contributed by atoms with E-state index in [-0.39, 0.29) is 11.8 Å². The smallest absolute Gasteiger partial charge is 0.224 e. The Morgan fingerprint density at radius 2 is 2.05 bits per heavy atom. The monoisotopic (exact) mass is 282 g/mol. The van der Waals surface area contributed by atoms with Crippen LogP contribution in [0.1, 0.15) is 24.8 Å². The van der Waals surface area contributed by atoms with Crippen molar-refractivity contribution in [3.8, 4) is 12.3 Å². The van der Waals surface area contributed by atoms with E-state index in [0.29, 0.717) is 12.5 Å². The molecule has 110 valence electrons. The van der Waals surface area contributed by atoms with Crippen molar-refractivity contribution in [2.45, 2.75) is 31.8 Å². The molecule has 0 bridgehead atoms. The van der Waals surface area contributed by atoms with E-state index < -0.39 is 0 Å². The van der Waals surface area contributed by atoms with Crippen LogP contribution in [0.4, 0.5) is 0 Å². The third kappa shape index (κ3) is 3.28. The second-order valence-electron chi connectivity index (χ2n) is 6.13. The third-order valence-electron chi connectivity index (χ3n) is 4.56. The molecule has 0 N–H and O–H groups in total. The maximum absolute atomic E-state index is 12.1. The minimum absolute atomic E-state index is 0.113. The maximum atomic E-state index is 12.1. The molecule has 2 saturated heterocycles. The van der Waals surface area contributed by atoms with Gasteiger partial charge < -0.3 is 4.90 Å². The van der Waals surface area contributed by atoms with Gasteiger partial charge >= 0.3 is 0 Å². The summed E-state index contributed by atoms with van der Waals surface area (Å²) in [6.07, 6.45) is 8.27. The van der Waals surface area contributed by atoms with Gasteiger partial charge in [0.05, 0.1) is 0 Å². The zero-order valence-electron chi connectivity index (χ0n) is 12.4. The summed E-state index contributed by atoms with van der Waals surface area (Å²) < 4.78 is 0. The molecule has 3 nitrogen and oxygen atoms in total. The number of carbonyl (C=O) groups excluding carboxylic acids is 1. The van der Waals surface area contributed by atoms with Gasteiger partial charge in [-0.05, 0) is 24.9 Å². The number of amides is 1. The molecule has 0 saturated carbocycles. The van der Waals surface area contributed by atoms with Crippen molar-refractivity contribution in [2.75, 3.05) is 19.6 Å². The molecule has 0 radical (unpaired) electrons. The van der Waals surface area contributed by atoms with E-state index in [1.54, 1.807) is 0 Å². The highest BCUT2D eigenvalue weighted by Crippen LogP contribution is 2.25. The molecule has 2 heterocycles. The first-order chi connectivity index (χ1) is 10.3. The summed E-state index contributed by atoms with van der Waals surface area (Å²) in [5.41, 5.74) is 1.34. The lowest BCUT2D eigenvalue weighted by Gasteiger charge is -2.37. The number of hydrogen-bond donors (Lipinski definition) is 0. The summed E-state index contributed by atoms with van der Waals surface area (Å²) in [5, 5.41) is 0. The number of likely N-dealkylation sites (tertiary alicyclic amines) is 2. The van der Waals surface area contributed by atoms with Crippen LogP contribution >= 0.6 is 0 Å². The Balaban J connectivity index is 1.61. The van der Waals surface area contributed by atoms with Crippen LogP contribution in [0.15, 0.2) is 30.3 Å². The van der Waals surface area contributed by atoms with Crippen molar-refractivity contribution in [1.82, 2.24) is 9.80 Å². The Kier molecular flexibility index (Phi) is 4.26. The second-order valence-corrected chi connectivity index (χ2v) is 6.13. The first-order valence-electron chi connectivity index (χ1n) is 7.78. The van der Waals surface area contributed by atoms with Gasteiger partial charge in [-0.25, -0.2) is 0 Å². The van der Waals surface area contributed by atoms with E-state index in [2.05, 4.69) is 35.1 Å². The average molecular weight is 282 g/mol. The summed E-state index contributed by atoms with van der Waals surface area (Å²) >= 11 is 0. The molecule has 0 aliphatic carbocycles. The molecule has 3 rings (SSSR count). The van der Waals surface area contributed by atoms with Crippen LogP contribution in [0.25, 0.3) is 0 Å². The molecule has 2 unspecified atom stereocenters. The van der Waals surface area contributed by atoms with Gasteiger partial charge in [-0.1, -0.05) is 30.3 Å². The van der Waals surface area contributed by atoms with E-state index in [1.807, 2.05) is 11.0 Å². The van der Waals surface area contributed by atoms with Gasteiger partial charge in [0, 0.05) is 38.0 Å². The zero-order valence-corrected chi connectivity index (χ0v) is 12.4.